The number of benzene rings is 1. The van der Waals surface area contributed by atoms with Crippen molar-refractivity contribution in [3.63, 3.8) is 0 Å². The van der Waals surface area contributed by atoms with Crippen LogP contribution in [0, 0.1) is 0 Å². The van der Waals surface area contributed by atoms with Gasteiger partial charge in [-0.05, 0) is 30.5 Å². The number of rotatable bonds is 7. The molecule has 0 aliphatic carbocycles. The largest absolute Gasteiger partial charge is 0.508 e. The predicted octanol–water partition coefficient (Wildman–Crippen LogP) is 4.77. The molecule has 0 amide bonds. The highest BCUT2D eigenvalue weighted by Gasteiger charge is 1.89. The van der Waals surface area contributed by atoms with Gasteiger partial charge in [-0.1, -0.05) is 56.9 Å². The van der Waals surface area contributed by atoms with E-state index >= 15 is 0 Å². The molecule has 16 heavy (non-hydrogen) atoms. The van der Waals surface area contributed by atoms with E-state index in [4.69, 9.17) is 5.11 Å². The van der Waals surface area contributed by atoms with E-state index in [-0.39, 0.29) is 0 Å². The van der Waals surface area contributed by atoms with Crippen molar-refractivity contribution >= 4 is 6.08 Å². The average molecular weight is 218 g/mol. The van der Waals surface area contributed by atoms with E-state index in [2.05, 4.69) is 19.1 Å². The molecular weight excluding hydrogens is 196 g/mol. The van der Waals surface area contributed by atoms with Gasteiger partial charge in [0.15, 0.2) is 0 Å². The number of phenols is 1. The topological polar surface area (TPSA) is 20.2 Å². The van der Waals surface area contributed by atoms with Gasteiger partial charge in [-0.2, -0.15) is 0 Å². The van der Waals surface area contributed by atoms with Gasteiger partial charge in [-0.3, -0.25) is 0 Å². The van der Waals surface area contributed by atoms with Crippen LogP contribution in [-0.2, 0) is 0 Å². The van der Waals surface area contributed by atoms with Crippen molar-refractivity contribution in [3.8, 4) is 5.75 Å². The summed E-state index contributed by atoms with van der Waals surface area (Å²) in [5.74, 6) is 0.330. The van der Waals surface area contributed by atoms with Crippen LogP contribution in [0.25, 0.3) is 6.08 Å². The second kappa shape index (κ2) is 7.98. The van der Waals surface area contributed by atoms with Crippen LogP contribution in [0.1, 0.15) is 51.0 Å². The van der Waals surface area contributed by atoms with E-state index in [1.807, 2.05) is 12.1 Å². The Bertz CT molecular complexity index is 298. The van der Waals surface area contributed by atoms with Crippen LogP contribution in [0.5, 0.6) is 5.75 Å². The SMILES string of the molecule is CCCCCCCC=Cc1ccc(O)cc1. The first-order chi connectivity index (χ1) is 7.83. The first-order valence-corrected chi connectivity index (χ1v) is 6.28. The summed E-state index contributed by atoms with van der Waals surface area (Å²) in [4.78, 5) is 0. The molecule has 88 valence electrons. The molecule has 0 radical (unpaired) electrons. The van der Waals surface area contributed by atoms with E-state index in [0.29, 0.717) is 5.75 Å². The first kappa shape index (κ1) is 12.8. The maximum atomic E-state index is 9.12. The lowest BCUT2D eigenvalue weighted by atomic mass is 10.1. The highest BCUT2D eigenvalue weighted by molar-refractivity contribution is 5.50. The molecule has 0 aliphatic heterocycles. The lowest BCUT2D eigenvalue weighted by molar-refractivity contribution is 0.475. The van der Waals surface area contributed by atoms with E-state index < -0.39 is 0 Å². The quantitative estimate of drug-likeness (QED) is 0.654. The Labute approximate surface area is 98.8 Å². The Morgan fingerprint density at radius 1 is 1.00 bits per heavy atom. The molecule has 0 saturated heterocycles. The van der Waals surface area contributed by atoms with Gasteiger partial charge in [-0.25, -0.2) is 0 Å². The Hall–Kier alpha value is -1.24. The van der Waals surface area contributed by atoms with Crippen molar-refractivity contribution in [3.05, 3.63) is 35.9 Å². The number of unbranched alkanes of at least 4 members (excludes halogenated alkanes) is 5. The summed E-state index contributed by atoms with van der Waals surface area (Å²) in [6, 6.07) is 7.31. The standard InChI is InChI=1S/C15H22O/c1-2-3-4-5-6-7-8-9-14-10-12-15(16)13-11-14/h8-13,16H,2-7H2,1H3. The van der Waals surface area contributed by atoms with Crippen LogP contribution in [-0.4, -0.2) is 5.11 Å². The predicted molar refractivity (Wildman–Crippen MR) is 70.5 cm³/mol. The van der Waals surface area contributed by atoms with Crippen molar-refractivity contribution in [2.24, 2.45) is 0 Å². The third kappa shape index (κ3) is 5.59. The number of phenolic OH excluding ortho intramolecular Hbond substituents is 1. The molecule has 0 unspecified atom stereocenters. The van der Waals surface area contributed by atoms with Gasteiger partial charge in [-0.15, -0.1) is 0 Å². The van der Waals surface area contributed by atoms with E-state index in [1.165, 1.54) is 32.1 Å². The fourth-order valence-electron chi connectivity index (χ4n) is 1.67. The second-order valence-corrected chi connectivity index (χ2v) is 4.20. The van der Waals surface area contributed by atoms with Crippen molar-refractivity contribution in [2.75, 3.05) is 0 Å². The third-order valence-electron chi connectivity index (χ3n) is 2.68. The number of hydrogen-bond acceptors (Lipinski definition) is 1. The van der Waals surface area contributed by atoms with Crippen LogP contribution in [0.4, 0.5) is 0 Å². The molecule has 0 spiro atoms. The van der Waals surface area contributed by atoms with Gasteiger partial charge in [0, 0.05) is 0 Å². The zero-order valence-corrected chi connectivity index (χ0v) is 10.2. The van der Waals surface area contributed by atoms with Crippen LogP contribution >= 0.6 is 0 Å². The number of hydrogen-bond donors (Lipinski definition) is 1. The molecule has 1 nitrogen and oxygen atoms in total. The van der Waals surface area contributed by atoms with Gasteiger partial charge in [0.2, 0.25) is 0 Å². The maximum absolute atomic E-state index is 9.12. The van der Waals surface area contributed by atoms with E-state index in [0.717, 1.165) is 12.0 Å². The molecule has 1 N–H and O–H groups in total. The summed E-state index contributed by atoms with van der Waals surface area (Å²) in [5.41, 5.74) is 1.16. The molecule has 1 aromatic rings. The highest BCUT2D eigenvalue weighted by atomic mass is 16.3. The van der Waals surface area contributed by atoms with Gasteiger partial charge in [0.1, 0.15) is 5.75 Å². The van der Waals surface area contributed by atoms with Crippen LogP contribution in [0.3, 0.4) is 0 Å². The van der Waals surface area contributed by atoms with Crippen LogP contribution in [0.15, 0.2) is 30.3 Å². The maximum Gasteiger partial charge on any atom is 0.115 e. The summed E-state index contributed by atoms with van der Waals surface area (Å²) >= 11 is 0. The summed E-state index contributed by atoms with van der Waals surface area (Å²) in [7, 11) is 0. The highest BCUT2D eigenvalue weighted by Crippen LogP contribution is 2.12. The Morgan fingerprint density at radius 2 is 1.69 bits per heavy atom. The average Bonchev–Trinajstić information content (AvgIpc) is 2.30. The zero-order valence-electron chi connectivity index (χ0n) is 10.2. The lowest BCUT2D eigenvalue weighted by Gasteiger charge is -1.97. The Morgan fingerprint density at radius 3 is 2.38 bits per heavy atom. The molecule has 1 rings (SSSR count). The molecule has 0 heterocycles. The van der Waals surface area contributed by atoms with Crippen molar-refractivity contribution in [2.45, 2.75) is 45.4 Å². The summed E-state index contributed by atoms with van der Waals surface area (Å²) in [6.45, 7) is 2.24. The van der Waals surface area contributed by atoms with Gasteiger partial charge in [0.05, 0.1) is 0 Å². The van der Waals surface area contributed by atoms with E-state index in [9.17, 15) is 0 Å². The van der Waals surface area contributed by atoms with Gasteiger partial charge in [0.25, 0.3) is 0 Å². The molecule has 0 aliphatic rings. The molecule has 1 heteroatoms. The van der Waals surface area contributed by atoms with Crippen LogP contribution < -0.4 is 0 Å². The Balaban J connectivity index is 2.14. The minimum absolute atomic E-state index is 0.330. The summed E-state index contributed by atoms with van der Waals surface area (Å²) in [6.07, 6.45) is 12.2. The molecule has 1 aromatic carbocycles. The monoisotopic (exact) mass is 218 g/mol. The molecular formula is C15H22O. The molecule has 0 aromatic heterocycles. The normalized spacial score (nSPS) is 11.1. The smallest absolute Gasteiger partial charge is 0.115 e. The molecule has 0 saturated carbocycles. The Kier molecular flexibility index (Phi) is 6.39. The number of allylic oxidation sites excluding steroid dienone is 1. The summed E-state index contributed by atoms with van der Waals surface area (Å²) in [5, 5.41) is 9.12. The van der Waals surface area contributed by atoms with Gasteiger partial charge < -0.3 is 5.11 Å². The minimum atomic E-state index is 0.330. The number of aromatic hydroxyl groups is 1. The van der Waals surface area contributed by atoms with Gasteiger partial charge >= 0.3 is 0 Å². The lowest BCUT2D eigenvalue weighted by Crippen LogP contribution is -1.76. The second-order valence-electron chi connectivity index (χ2n) is 4.20. The van der Waals surface area contributed by atoms with Crippen molar-refractivity contribution < 1.29 is 5.11 Å². The fraction of sp³-hybridized carbons (Fsp3) is 0.467. The minimum Gasteiger partial charge on any atom is -0.508 e. The third-order valence-corrected chi connectivity index (χ3v) is 2.68. The van der Waals surface area contributed by atoms with Crippen molar-refractivity contribution in [1.29, 1.82) is 0 Å². The molecule has 0 fully saturated rings. The zero-order chi connectivity index (χ0) is 11.6. The van der Waals surface area contributed by atoms with E-state index in [1.54, 1.807) is 12.1 Å². The van der Waals surface area contributed by atoms with Crippen molar-refractivity contribution in [1.82, 2.24) is 0 Å². The van der Waals surface area contributed by atoms with Crippen LogP contribution in [0.2, 0.25) is 0 Å². The molecule has 0 atom stereocenters. The summed E-state index contributed by atoms with van der Waals surface area (Å²) < 4.78 is 0. The molecule has 0 bridgehead atoms. The first-order valence-electron chi connectivity index (χ1n) is 6.28. The fourth-order valence-corrected chi connectivity index (χ4v) is 1.67.